The zero-order valence-electron chi connectivity index (χ0n) is 9.92. The van der Waals surface area contributed by atoms with E-state index in [0.29, 0.717) is 5.41 Å². The minimum Gasteiger partial charge on any atom is -0.0882 e. The normalized spacial score (nSPS) is 38.1. The molecule has 14 heavy (non-hydrogen) atoms. The van der Waals surface area contributed by atoms with Crippen molar-refractivity contribution >= 4 is 0 Å². The second-order valence-electron chi connectivity index (χ2n) is 6.31. The molecule has 0 heterocycles. The predicted octanol–water partition coefficient (Wildman–Crippen LogP) is 4.42. The number of hydrogen-bond donors (Lipinski definition) is 0. The SMILES string of the molecule is CC(C)(C)C1CCC2CCC=CC2C1. The van der Waals surface area contributed by atoms with Crippen LogP contribution < -0.4 is 0 Å². The summed E-state index contributed by atoms with van der Waals surface area (Å²) in [4.78, 5) is 0. The van der Waals surface area contributed by atoms with Crippen LogP contribution in [0.3, 0.4) is 0 Å². The summed E-state index contributed by atoms with van der Waals surface area (Å²) in [7, 11) is 0. The fourth-order valence-electron chi connectivity index (χ4n) is 3.23. The molecular weight excluding hydrogens is 168 g/mol. The summed E-state index contributed by atoms with van der Waals surface area (Å²) >= 11 is 0. The van der Waals surface area contributed by atoms with Gasteiger partial charge < -0.3 is 0 Å². The second kappa shape index (κ2) is 3.72. The van der Waals surface area contributed by atoms with Crippen molar-refractivity contribution in [2.75, 3.05) is 0 Å². The van der Waals surface area contributed by atoms with Gasteiger partial charge in [-0.15, -0.1) is 0 Å². The Hall–Kier alpha value is -0.260. The fourth-order valence-corrected chi connectivity index (χ4v) is 3.23. The predicted molar refractivity (Wildman–Crippen MR) is 62.2 cm³/mol. The average molecular weight is 192 g/mol. The molecule has 0 heteroatoms. The molecule has 2 rings (SSSR count). The molecule has 2 aliphatic rings. The zero-order chi connectivity index (χ0) is 10.2. The van der Waals surface area contributed by atoms with Gasteiger partial charge in [-0.2, -0.15) is 0 Å². The zero-order valence-corrected chi connectivity index (χ0v) is 9.92. The molecule has 0 aliphatic heterocycles. The van der Waals surface area contributed by atoms with Crippen molar-refractivity contribution in [3.63, 3.8) is 0 Å². The van der Waals surface area contributed by atoms with Crippen LogP contribution >= 0.6 is 0 Å². The van der Waals surface area contributed by atoms with Crippen LogP contribution in [0.2, 0.25) is 0 Å². The van der Waals surface area contributed by atoms with Crippen LogP contribution in [0.15, 0.2) is 12.2 Å². The first kappa shape index (κ1) is 10.3. The van der Waals surface area contributed by atoms with Crippen molar-refractivity contribution < 1.29 is 0 Å². The Bertz CT molecular complexity index is 219. The summed E-state index contributed by atoms with van der Waals surface area (Å²) in [6.07, 6.45) is 12.1. The van der Waals surface area contributed by atoms with Gasteiger partial charge in [-0.25, -0.2) is 0 Å². The molecule has 0 nitrogen and oxygen atoms in total. The van der Waals surface area contributed by atoms with Crippen LogP contribution in [-0.4, -0.2) is 0 Å². The molecule has 0 radical (unpaired) electrons. The van der Waals surface area contributed by atoms with Gasteiger partial charge in [0, 0.05) is 0 Å². The topological polar surface area (TPSA) is 0 Å². The van der Waals surface area contributed by atoms with Crippen LogP contribution in [0.1, 0.15) is 52.9 Å². The Morgan fingerprint density at radius 3 is 2.57 bits per heavy atom. The van der Waals surface area contributed by atoms with Gasteiger partial charge in [0.05, 0.1) is 0 Å². The monoisotopic (exact) mass is 192 g/mol. The Kier molecular flexibility index (Phi) is 2.72. The van der Waals surface area contributed by atoms with Crippen molar-refractivity contribution in [2.45, 2.75) is 52.9 Å². The maximum Gasteiger partial charge on any atom is -0.0202 e. The Balaban J connectivity index is 2.02. The van der Waals surface area contributed by atoms with Crippen molar-refractivity contribution in [1.82, 2.24) is 0 Å². The van der Waals surface area contributed by atoms with E-state index in [1.165, 1.54) is 32.1 Å². The molecule has 0 saturated heterocycles. The van der Waals surface area contributed by atoms with Crippen LogP contribution in [0.4, 0.5) is 0 Å². The van der Waals surface area contributed by atoms with E-state index in [9.17, 15) is 0 Å². The van der Waals surface area contributed by atoms with E-state index in [4.69, 9.17) is 0 Å². The van der Waals surface area contributed by atoms with E-state index in [-0.39, 0.29) is 0 Å². The van der Waals surface area contributed by atoms with Crippen molar-refractivity contribution in [1.29, 1.82) is 0 Å². The highest BCUT2D eigenvalue weighted by Gasteiger charge is 2.35. The molecule has 1 fully saturated rings. The highest BCUT2D eigenvalue weighted by molar-refractivity contribution is 5.00. The largest absolute Gasteiger partial charge is 0.0882 e. The average Bonchev–Trinajstić information content (AvgIpc) is 2.16. The number of fused-ring (bicyclic) bond motifs is 1. The standard InChI is InChI=1S/C14H24/c1-14(2,3)13-9-8-11-6-4-5-7-12(11)10-13/h5,7,11-13H,4,6,8-10H2,1-3H3. The molecule has 0 bridgehead atoms. The highest BCUT2D eigenvalue weighted by Crippen LogP contribution is 2.45. The molecule has 1 saturated carbocycles. The summed E-state index contributed by atoms with van der Waals surface area (Å²) in [6.45, 7) is 7.22. The molecule has 0 aromatic carbocycles. The molecule has 3 atom stereocenters. The first-order valence-electron chi connectivity index (χ1n) is 6.24. The second-order valence-corrected chi connectivity index (χ2v) is 6.31. The lowest BCUT2D eigenvalue weighted by Gasteiger charge is -2.42. The Morgan fingerprint density at radius 2 is 1.86 bits per heavy atom. The molecule has 0 spiro atoms. The minimum atomic E-state index is 0.524. The molecule has 0 amide bonds. The lowest BCUT2D eigenvalue weighted by molar-refractivity contribution is 0.112. The van der Waals surface area contributed by atoms with Crippen LogP contribution in [-0.2, 0) is 0 Å². The third kappa shape index (κ3) is 2.04. The Morgan fingerprint density at radius 1 is 1.07 bits per heavy atom. The van der Waals surface area contributed by atoms with Crippen LogP contribution in [0.5, 0.6) is 0 Å². The van der Waals surface area contributed by atoms with Gasteiger partial charge in [0.2, 0.25) is 0 Å². The van der Waals surface area contributed by atoms with Gasteiger partial charge in [0.15, 0.2) is 0 Å². The number of hydrogen-bond acceptors (Lipinski definition) is 0. The number of allylic oxidation sites excluding steroid dienone is 2. The van der Waals surface area contributed by atoms with Gasteiger partial charge >= 0.3 is 0 Å². The summed E-state index contributed by atoms with van der Waals surface area (Å²) in [5, 5.41) is 0. The van der Waals surface area contributed by atoms with E-state index in [0.717, 1.165) is 17.8 Å². The van der Waals surface area contributed by atoms with Crippen molar-refractivity contribution in [3.05, 3.63) is 12.2 Å². The quantitative estimate of drug-likeness (QED) is 0.499. The molecule has 0 aromatic heterocycles. The van der Waals surface area contributed by atoms with E-state index < -0.39 is 0 Å². The van der Waals surface area contributed by atoms with E-state index in [1.807, 2.05) is 0 Å². The fraction of sp³-hybridized carbons (Fsp3) is 0.857. The molecule has 80 valence electrons. The maximum atomic E-state index is 2.51. The number of rotatable bonds is 0. The molecule has 2 aliphatic carbocycles. The van der Waals surface area contributed by atoms with E-state index in [1.54, 1.807) is 0 Å². The van der Waals surface area contributed by atoms with Crippen molar-refractivity contribution in [2.24, 2.45) is 23.2 Å². The summed E-state index contributed by atoms with van der Waals surface area (Å²) in [5.41, 5.74) is 0.524. The van der Waals surface area contributed by atoms with Gasteiger partial charge in [-0.05, 0) is 55.3 Å². The summed E-state index contributed by atoms with van der Waals surface area (Å²) < 4.78 is 0. The summed E-state index contributed by atoms with van der Waals surface area (Å²) in [5.74, 6) is 2.90. The van der Waals surface area contributed by atoms with Crippen LogP contribution in [0, 0.1) is 23.2 Å². The smallest absolute Gasteiger partial charge is 0.0202 e. The lowest BCUT2D eigenvalue weighted by Crippen LogP contribution is -2.31. The van der Waals surface area contributed by atoms with Crippen LogP contribution in [0.25, 0.3) is 0 Å². The van der Waals surface area contributed by atoms with Gasteiger partial charge in [0.1, 0.15) is 0 Å². The Labute approximate surface area is 88.8 Å². The lowest BCUT2D eigenvalue weighted by atomic mass is 9.63. The van der Waals surface area contributed by atoms with Gasteiger partial charge in [-0.3, -0.25) is 0 Å². The van der Waals surface area contributed by atoms with Gasteiger partial charge in [0.25, 0.3) is 0 Å². The van der Waals surface area contributed by atoms with E-state index in [2.05, 4.69) is 32.9 Å². The minimum absolute atomic E-state index is 0.524. The maximum absolute atomic E-state index is 2.51. The first-order valence-corrected chi connectivity index (χ1v) is 6.24. The molecule has 3 unspecified atom stereocenters. The molecular formula is C14H24. The first-order chi connectivity index (χ1) is 6.57. The third-order valence-corrected chi connectivity index (χ3v) is 4.36. The van der Waals surface area contributed by atoms with Crippen molar-refractivity contribution in [3.8, 4) is 0 Å². The third-order valence-electron chi connectivity index (χ3n) is 4.36. The summed E-state index contributed by atoms with van der Waals surface area (Å²) in [6, 6.07) is 0. The highest BCUT2D eigenvalue weighted by atomic mass is 14.4. The van der Waals surface area contributed by atoms with E-state index >= 15 is 0 Å². The molecule has 0 N–H and O–H groups in total. The molecule has 0 aromatic rings. The van der Waals surface area contributed by atoms with Gasteiger partial charge in [-0.1, -0.05) is 32.9 Å².